The fourth-order valence-corrected chi connectivity index (χ4v) is 2.86. The first kappa shape index (κ1) is 16.9. The molecule has 0 heterocycles. The van der Waals surface area contributed by atoms with Gasteiger partial charge in [0.25, 0.3) is 0 Å². The number of hydrogen-bond acceptors (Lipinski definition) is 4. The normalized spacial score (nSPS) is 14.1. The van der Waals surface area contributed by atoms with Gasteiger partial charge in [-0.05, 0) is 31.0 Å². The second kappa shape index (κ2) is 6.56. The molecule has 1 atom stereocenters. The molecule has 6 heteroatoms. The minimum Gasteiger partial charge on any atom is -0.396 e. The van der Waals surface area contributed by atoms with Crippen LogP contribution in [-0.2, 0) is 10.0 Å². The third-order valence-electron chi connectivity index (χ3n) is 3.24. The molecule has 0 bridgehead atoms. The van der Waals surface area contributed by atoms with E-state index < -0.39 is 10.0 Å². The van der Waals surface area contributed by atoms with Crippen LogP contribution in [0.4, 0.5) is 5.69 Å². The summed E-state index contributed by atoms with van der Waals surface area (Å²) in [7, 11) is -2.12. The predicted octanol–water partition coefficient (Wildman–Crippen LogP) is 1.80. The summed E-state index contributed by atoms with van der Waals surface area (Å²) in [5.74, 6) is 0. The Balaban J connectivity index is 3.15. The topological polar surface area (TPSA) is 78.4 Å². The van der Waals surface area contributed by atoms with Crippen molar-refractivity contribution in [2.75, 3.05) is 19.0 Å². The lowest BCUT2D eigenvalue weighted by Crippen LogP contribution is -2.35. The van der Waals surface area contributed by atoms with Crippen LogP contribution in [0.25, 0.3) is 0 Å². The molecule has 0 fully saturated rings. The second-order valence-corrected chi connectivity index (χ2v) is 7.63. The molecule has 0 amide bonds. The highest BCUT2D eigenvalue weighted by Crippen LogP contribution is 2.28. The first-order valence-corrected chi connectivity index (χ1v) is 8.10. The Morgan fingerprint density at radius 1 is 1.25 bits per heavy atom. The maximum absolute atomic E-state index is 12.0. The molecule has 0 saturated heterocycles. The van der Waals surface area contributed by atoms with Crippen LogP contribution in [0, 0.1) is 5.41 Å². The zero-order valence-electron chi connectivity index (χ0n) is 12.5. The number of benzene rings is 1. The number of hydrogen-bond donors (Lipinski definition) is 3. The summed E-state index contributed by atoms with van der Waals surface area (Å²) < 4.78 is 26.3. The lowest BCUT2D eigenvalue weighted by atomic mass is 9.85. The Hall–Kier alpha value is -1.11. The molecule has 0 spiro atoms. The van der Waals surface area contributed by atoms with E-state index in [1.165, 1.54) is 7.05 Å². The molecule has 5 nitrogen and oxygen atoms in total. The van der Waals surface area contributed by atoms with Crippen molar-refractivity contribution in [1.82, 2.24) is 4.72 Å². The molecule has 3 N–H and O–H groups in total. The Bertz CT molecular complexity index is 536. The highest BCUT2D eigenvalue weighted by molar-refractivity contribution is 7.89. The van der Waals surface area contributed by atoms with Crippen molar-refractivity contribution in [2.45, 2.75) is 38.1 Å². The van der Waals surface area contributed by atoms with Crippen LogP contribution >= 0.6 is 0 Å². The van der Waals surface area contributed by atoms with Crippen LogP contribution in [0.2, 0.25) is 0 Å². The molecular weight excluding hydrogens is 276 g/mol. The Labute approximate surface area is 121 Å². The first-order valence-electron chi connectivity index (χ1n) is 6.62. The summed E-state index contributed by atoms with van der Waals surface area (Å²) in [6.45, 7) is 6.20. The molecule has 0 radical (unpaired) electrons. The van der Waals surface area contributed by atoms with Gasteiger partial charge in [0, 0.05) is 12.6 Å². The highest BCUT2D eigenvalue weighted by atomic mass is 32.2. The largest absolute Gasteiger partial charge is 0.396 e. The van der Waals surface area contributed by atoms with Crippen LogP contribution in [0.15, 0.2) is 29.2 Å². The quantitative estimate of drug-likeness (QED) is 0.748. The molecule has 0 aromatic heterocycles. The minimum atomic E-state index is -3.51. The van der Waals surface area contributed by atoms with E-state index in [-0.39, 0.29) is 23.0 Å². The van der Waals surface area contributed by atoms with Crippen molar-refractivity contribution in [3.63, 3.8) is 0 Å². The van der Waals surface area contributed by atoms with Crippen molar-refractivity contribution < 1.29 is 13.5 Å². The van der Waals surface area contributed by atoms with Crippen molar-refractivity contribution in [3.8, 4) is 0 Å². The van der Waals surface area contributed by atoms with E-state index in [9.17, 15) is 13.5 Å². The lowest BCUT2D eigenvalue weighted by Gasteiger charge is -2.32. The minimum absolute atomic E-state index is 0.0271. The molecule has 0 aliphatic heterocycles. The average molecular weight is 300 g/mol. The lowest BCUT2D eigenvalue weighted by molar-refractivity contribution is 0.235. The van der Waals surface area contributed by atoms with Gasteiger partial charge in [0.05, 0.1) is 5.69 Å². The summed E-state index contributed by atoms with van der Waals surface area (Å²) in [5, 5.41) is 12.4. The van der Waals surface area contributed by atoms with Crippen LogP contribution in [-0.4, -0.2) is 33.2 Å². The SMILES string of the molecule is CNS(=O)(=O)c1ccccc1NC(CCO)C(C)(C)C. The molecule has 1 rings (SSSR count). The monoisotopic (exact) mass is 300 g/mol. The van der Waals surface area contributed by atoms with Gasteiger partial charge in [-0.3, -0.25) is 0 Å². The van der Waals surface area contributed by atoms with E-state index >= 15 is 0 Å². The van der Waals surface area contributed by atoms with Gasteiger partial charge in [-0.25, -0.2) is 13.1 Å². The van der Waals surface area contributed by atoms with E-state index in [4.69, 9.17) is 0 Å². The van der Waals surface area contributed by atoms with Gasteiger partial charge < -0.3 is 10.4 Å². The standard InChI is InChI=1S/C14H24N2O3S/c1-14(2,3)13(9-10-17)16-11-7-5-6-8-12(11)20(18,19)15-4/h5-8,13,15-17H,9-10H2,1-4H3. The van der Waals surface area contributed by atoms with Crippen molar-refractivity contribution in [2.24, 2.45) is 5.41 Å². The van der Waals surface area contributed by atoms with Gasteiger partial charge in [-0.15, -0.1) is 0 Å². The predicted molar refractivity (Wildman–Crippen MR) is 81.3 cm³/mol. The molecule has 1 aromatic carbocycles. The summed E-state index contributed by atoms with van der Waals surface area (Å²) in [6.07, 6.45) is 0.553. The van der Waals surface area contributed by atoms with Crippen molar-refractivity contribution in [1.29, 1.82) is 0 Å². The highest BCUT2D eigenvalue weighted by Gasteiger charge is 2.26. The smallest absolute Gasteiger partial charge is 0.242 e. The van der Waals surface area contributed by atoms with E-state index in [0.717, 1.165) is 0 Å². The maximum atomic E-state index is 12.0. The maximum Gasteiger partial charge on any atom is 0.242 e. The van der Waals surface area contributed by atoms with Gasteiger partial charge in [0.2, 0.25) is 10.0 Å². The number of para-hydroxylation sites is 1. The number of nitrogens with one attached hydrogen (secondary N) is 2. The third kappa shape index (κ3) is 4.19. The van der Waals surface area contributed by atoms with E-state index in [2.05, 4.69) is 30.8 Å². The summed E-state index contributed by atoms with van der Waals surface area (Å²) in [6, 6.07) is 6.75. The van der Waals surface area contributed by atoms with E-state index in [0.29, 0.717) is 12.1 Å². The third-order valence-corrected chi connectivity index (χ3v) is 4.71. The number of anilines is 1. The fourth-order valence-electron chi connectivity index (χ4n) is 1.97. The molecule has 0 aliphatic carbocycles. The summed E-state index contributed by atoms with van der Waals surface area (Å²) >= 11 is 0. The Morgan fingerprint density at radius 2 is 1.85 bits per heavy atom. The summed E-state index contributed by atoms with van der Waals surface area (Å²) in [5.41, 5.74) is 0.453. The molecular formula is C14H24N2O3S. The molecule has 0 saturated carbocycles. The van der Waals surface area contributed by atoms with Crippen LogP contribution < -0.4 is 10.0 Å². The molecule has 0 aliphatic rings. The second-order valence-electron chi connectivity index (χ2n) is 5.78. The van der Waals surface area contributed by atoms with Gasteiger partial charge >= 0.3 is 0 Å². The molecule has 1 unspecified atom stereocenters. The van der Waals surface area contributed by atoms with E-state index in [1.54, 1.807) is 24.3 Å². The van der Waals surface area contributed by atoms with Crippen molar-refractivity contribution in [3.05, 3.63) is 24.3 Å². The number of rotatable bonds is 6. The van der Waals surface area contributed by atoms with Crippen LogP contribution in [0.3, 0.4) is 0 Å². The van der Waals surface area contributed by atoms with Crippen molar-refractivity contribution >= 4 is 15.7 Å². The van der Waals surface area contributed by atoms with Gasteiger partial charge in [-0.2, -0.15) is 0 Å². The van der Waals surface area contributed by atoms with Crippen LogP contribution in [0.5, 0.6) is 0 Å². The van der Waals surface area contributed by atoms with Gasteiger partial charge in [0.15, 0.2) is 0 Å². The number of aliphatic hydroxyl groups excluding tert-OH is 1. The number of aliphatic hydroxyl groups is 1. The number of sulfonamides is 1. The zero-order valence-corrected chi connectivity index (χ0v) is 13.3. The Morgan fingerprint density at radius 3 is 2.35 bits per heavy atom. The Kier molecular flexibility index (Phi) is 5.56. The molecule has 114 valence electrons. The van der Waals surface area contributed by atoms with E-state index in [1.807, 2.05) is 0 Å². The van der Waals surface area contributed by atoms with Gasteiger partial charge in [0.1, 0.15) is 4.90 Å². The van der Waals surface area contributed by atoms with Crippen LogP contribution in [0.1, 0.15) is 27.2 Å². The average Bonchev–Trinajstić information content (AvgIpc) is 2.37. The van der Waals surface area contributed by atoms with Gasteiger partial charge in [-0.1, -0.05) is 32.9 Å². The summed E-state index contributed by atoms with van der Waals surface area (Å²) in [4.78, 5) is 0.217. The molecule has 20 heavy (non-hydrogen) atoms. The fraction of sp³-hybridized carbons (Fsp3) is 0.571. The first-order chi connectivity index (χ1) is 9.22. The zero-order chi connectivity index (χ0) is 15.4. The molecule has 1 aromatic rings.